The molecule has 2 aromatic carbocycles. The van der Waals surface area contributed by atoms with Crippen molar-refractivity contribution < 1.29 is 9.59 Å². The fourth-order valence-corrected chi connectivity index (χ4v) is 2.61. The number of amides is 2. The summed E-state index contributed by atoms with van der Waals surface area (Å²) in [4.78, 5) is 26.4. The van der Waals surface area contributed by atoms with Gasteiger partial charge in [-0.15, -0.1) is 0 Å². The number of carbonyl (C=O) groups is 2. The largest absolute Gasteiger partial charge is 0.324 e. The lowest BCUT2D eigenvalue weighted by Gasteiger charge is -2.24. The maximum atomic E-state index is 12.5. The summed E-state index contributed by atoms with van der Waals surface area (Å²) in [5.41, 5.74) is 3.41. The molecule has 0 fully saturated rings. The quantitative estimate of drug-likeness (QED) is 0.808. The first-order valence-electron chi connectivity index (χ1n) is 8.40. The van der Waals surface area contributed by atoms with Crippen molar-refractivity contribution in [3.63, 3.8) is 0 Å². The molecular weight excluding hydrogens is 350 g/mol. The number of halogens is 1. The molecule has 0 aliphatic rings. The first-order chi connectivity index (χ1) is 12.3. The standard InChI is InChI=1S/C20H24ClN3O2/c1-13-9-10-14(2)18(11-13)23-20(26)15(3)24(4)12-19(25)22-17-8-6-5-7-16(17)21/h5-11,15H,12H2,1-4H3,(H,22,25)(H,23,26). The van der Waals surface area contributed by atoms with E-state index in [9.17, 15) is 9.59 Å². The topological polar surface area (TPSA) is 61.4 Å². The summed E-state index contributed by atoms with van der Waals surface area (Å²) in [5.74, 6) is -0.390. The maximum absolute atomic E-state index is 12.5. The van der Waals surface area contributed by atoms with Crippen molar-refractivity contribution in [3.05, 3.63) is 58.6 Å². The van der Waals surface area contributed by atoms with Crippen LogP contribution in [-0.4, -0.2) is 36.3 Å². The Labute approximate surface area is 159 Å². The summed E-state index contributed by atoms with van der Waals surface area (Å²) in [6.45, 7) is 5.76. The van der Waals surface area contributed by atoms with Gasteiger partial charge in [-0.2, -0.15) is 0 Å². The Hall–Kier alpha value is -2.37. The molecule has 0 radical (unpaired) electrons. The first kappa shape index (κ1) is 19.9. The van der Waals surface area contributed by atoms with Gasteiger partial charge in [-0.05, 0) is 57.1 Å². The third-order valence-corrected chi connectivity index (χ3v) is 4.56. The van der Waals surface area contributed by atoms with Crippen LogP contribution in [0.2, 0.25) is 5.02 Å². The summed E-state index contributed by atoms with van der Waals surface area (Å²) in [6, 6.07) is 12.5. The van der Waals surface area contributed by atoms with Gasteiger partial charge < -0.3 is 10.6 Å². The second-order valence-corrected chi connectivity index (χ2v) is 6.83. The number of para-hydroxylation sites is 1. The molecule has 0 saturated carbocycles. The van der Waals surface area contributed by atoms with Gasteiger partial charge in [0, 0.05) is 5.69 Å². The van der Waals surface area contributed by atoms with E-state index in [2.05, 4.69) is 10.6 Å². The molecule has 2 aromatic rings. The molecule has 0 saturated heterocycles. The lowest BCUT2D eigenvalue weighted by atomic mass is 10.1. The van der Waals surface area contributed by atoms with E-state index in [-0.39, 0.29) is 18.4 Å². The van der Waals surface area contributed by atoms with Crippen LogP contribution in [0.5, 0.6) is 0 Å². The van der Waals surface area contributed by atoms with Crippen LogP contribution >= 0.6 is 11.6 Å². The van der Waals surface area contributed by atoms with Crippen LogP contribution in [0, 0.1) is 13.8 Å². The van der Waals surface area contributed by atoms with Crippen LogP contribution in [0.3, 0.4) is 0 Å². The van der Waals surface area contributed by atoms with Gasteiger partial charge in [-0.1, -0.05) is 35.9 Å². The van der Waals surface area contributed by atoms with Crippen molar-refractivity contribution in [2.24, 2.45) is 0 Å². The fourth-order valence-electron chi connectivity index (χ4n) is 2.42. The average Bonchev–Trinajstić information content (AvgIpc) is 2.59. The molecular formula is C20H24ClN3O2. The minimum Gasteiger partial charge on any atom is -0.324 e. The third-order valence-electron chi connectivity index (χ3n) is 4.23. The van der Waals surface area contributed by atoms with Gasteiger partial charge in [0.2, 0.25) is 11.8 Å². The van der Waals surface area contributed by atoms with Crippen LogP contribution in [0.1, 0.15) is 18.1 Å². The monoisotopic (exact) mass is 373 g/mol. The molecule has 0 bridgehead atoms. The van der Waals surface area contributed by atoms with Crippen molar-refractivity contribution in [2.75, 3.05) is 24.2 Å². The molecule has 6 heteroatoms. The fraction of sp³-hybridized carbons (Fsp3) is 0.300. The van der Waals surface area contributed by atoms with Crippen LogP contribution in [-0.2, 0) is 9.59 Å². The van der Waals surface area contributed by atoms with E-state index in [4.69, 9.17) is 11.6 Å². The maximum Gasteiger partial charge on any atom is 0.241 e. The van der Waals surface area contributed by atoms with Crippen molar-refractivity contribution in [3.8, 4) is 0 Å². The number of likely N-dealkylation sites (N-methyl/N-ethyl adjacent to an activating group) is 1. The van der Waals surface area contributed by atoms with E-state index in [1.54, 1.807) is 43.1 Å². The first-order valence-corrected chi connectivity index (χ1v) is 8.78. The zero-order valence-electron chi connectivity index (χ0n) is 15.5. The van der Waals surface area contributed by atoms with Gasteiger partial charge in [0.05, 0.1) is 23.3 Å². The number of nitrogens with one attached hydrogen (secondary N) is 2. The van der Waals surface area contributed by atoms with E-state index in [0.29, 0.717) is 10.7 Å². The smallest absolute Gasteiger partial charge is 0.241 e. The number of benzene rings is 2. The summed E-state index contributed by atoms with van der Waals surface area (Å²) < 4.78 is 0. The second kappa shape index (κ2) is 8.83. The van der Waals surface area contributed by atoms with Crippen molar-refractivity contribution in [1.29, 1.82) is 0 Å². The number of hydrogen-bond acceptors (Lipinski definition) is 3. The lowest BCUT2D eigenvalue weighted by Crippen LogP contribution is -2.43. The summed E-state index contributed by atoms with van der Waals surface area (Å²) in [6.07, 6.45) is 0. The molecule has 1 atom stereocenters. The van der Waals surface area contributed by atoms with E-state index in [1.165, 1.54) is 0 Å². The molecule has 1 unspecified atom stereocenters. The highest BCUT2D eigenvalue weighted by Gasteiger charge is 2.21. The molecule has 138 valence electrons. The van der Waals surface area contributed by atoms with Gasteiger partial charge in [-0.3, -0.25) is 14.5 Å². The highest BCUT2D eigenvalue weighted by atomic mass is 35.5. The number of nitrogens with zero attached hydrogens (tertiary/aromatic N) is 1. The normalized spacial score (nSPS) is 11.9. The number of rotatable bonds is 6. The predicted molar refractivity (Wildman–Crippen MR) is 107 cm³/mol. The third kappa shape index (κ3) is 5.31. The Kier molecular flexibility index (Phi) is 6.77. The number of hydrogen-bond donors (Lipinski definition) is 2. The molecule has 26 heavy (non-hydrogen) atoms. The van der Waals surface area contributed by atoms with Gasteiger partial charge in [0.1, 0.15) is 0 Å². The van der Waals surface area contributed by atoms with Crippen molar-refractivity contribution >= 4 is 34.8 Å². The Morgan fingerprint density at radius 1 is 1.08 bits per heavy atom. The van der Waals surface area contributed by atoms with Crippen LogP contribution in [0.25, 0.3) is 0 Å². The van der Waals surface area contributed by atoms with Crippen LogP contribution in [0.15, 0.2) is 42.5 Å². The summed E-state index contributed by atoms with van der Waals surface area (Å²) in [7, 11) is 1.74. The van der Waals surface area contributed by atoms with Gasteiger partial charge in [-0.25, -0.2) is 0 Å². The summed E-state index contributed by atoms with van der Waals surface area (Å²) >= 11 is 6.04. The molecule has 0 heterocycles. The molecule has 0 aliphatic carbocycles. The zero-order valence-corrected chi connectivity index (χ0v) is 16.2. The zero-order chi connectivity index (χ0) is 19.3. The van der Waals surface area contributed by atoms with Crippen molar-refractivity contribution in [2.45, 2.75) is 26.8 Å². The number of anilines is 2. The summed E-state index contributed by atoms with van der Waals surface area (Å²) in [5, 5.41) is 6.16. The predicted octanol–water partition coefficient (Wildman–Crippen LogP) is 3.85. The molecule has 2 amide bonds. The van der Waals surface area contributed by atoms with E-state index in [1.807, 2.05) is 32.0 Å². The van der Waals surface area contributed by atoms with Crippen LogP contribution in [0.4, 0.5) is 11.4 Å². The average molecular weight is 374 g/mol. The van der Waals surface area contributed by atoms with E-state index < -0.39 is 6.04 Å². The molecule has 0 aromatic heterocycles. The minimum atomic E-state index is -0.466. The van der Waals surface area contributed by atoms with Gasteiger partial charge in [0.25, 0.3) is 0 Å². The van der Waals surface area contributed by atoms with Crippen LogP contribution < -0.4 is 10.6 Å². The molecule has 2 N–H and O–H groups in total. The number of aryl methyl sites for hydroxylation is 2. The lowest BCUT2D eigenvalue weighted by molar-refractivity contribution is -0.122. The van der Waals surface area contributed by atoms with E-state index in [0.717, 1.165) is 16.8 Å². The second-order valence-electron chi connectivity index (χ2n) is 6.43. The minimum absolute atomic E-state index is 0.0760. The molecule has 0 spiro atoms. The highest BCUT2D eigenvalue weighted by Crippen LogP contribution is 2.20. The Morgan fingerprint density at radius 2 is 1.77 bits per heavy atom. The van der Waals surface area contributed by atoms with E-state index >= 15 is 0 Å². The van der Waals surface area contributed by atoms with Crippen molar-refractivity contribution in [1.82, 2.24) is 4.90 Å². The molecule has 2 rings (SSSR count). The number of carbonyl (C=O) groups excluding carboxylic acids is 2. The van der Waals surface area contributed by atoms with Gasteiger partial charge >= 0.3 is 0 Å². The molecule has 5 nitrogen and oxygen atoms in total. The van der Waals surface area contributed by atoms with Gasteiger partial charge in [0.15, 0.2) is 0 Å². The Morgan fingerprint density at radius 3 is 2.46 bits per heavy atom. The Balaban J connectivity index is 1.94. The SMILES string of the molecule is Cc1ccc(C)c(NC(=O)C(C)N(C)CC(=O)Nc2ccccc2Cl)c1. The Bertz CT molecular complexity index is 807. The molecule has 0 aliphatic heterocycles. The highest BCUT2D eigenvalue weighted by molar-refractivity contribution is 6.33.